The molecule has 1 fully saturated rings. The van der Waals surface area contributed by atoms with E-state index in [4.69, 9.17) is 4.74 Å². The first kappa shape index (κ1) is 14.5. The average molecular weight is 261 g/mol. The van der Waals surface area contributed by atoms with E-state index in [9.17, 15) is 0 Å². The summed E-state index contributed by atoms with van der Waals surface area (Å²) in [6.07, 6.45) is 3.76. The Hall–Kier alpha value is -0.860. The van der Waals surface area contributed by atoms with Crippen LogP contribution in [0.15, 0.2) is 24.3 Å². The van der Waals surface area contributed by atoms with Gasteiger partial charge in [-0.25, -0.2) is 0 Å². The molecule has 1 N–H and O–H groups in total. The van der Waals surface area contributed by atoms with Crippen LogP contribution in [0.4, 0.5) is 0 Å². The zero-order chi connectivity index (χ0) is 13.7. The first-order valence-corrected chi connectivity index (χ1v) is 7.70. The smallest absolute Gasteiger partial charge is 0.0795 e. The third kappa shape index (κ3) is 3.58. The lowest BCUT2D eigenvalue weighted by Crippen LogP contribution is -2.35. The van der Waals surface area contributed by atoms with Gasteiger partial charge in [0.2, 0.25) is 0 Å². The SMILES string of the molecule is CCCNC(c1ccc(CC)cc1)C1OCCC1C. The third-order valence-electron chi connectivity index (χ3n) is 4.13. The van der Waals surface area contributed by atoms with Crippen LogP contribution in [0.2, 0.25) is 0 Å². The van der Waals surface area contributed by atoms with Crippen LogP contribution in [0.3, 0.4) is 0 Å². The van der Waals surface area contributed by atoms with E-state index in [2.05, 4.69) is 50.4 Å². The van der Waals surface area contributed by atoms with Gasteiger partial charge < -0.3 is 10.1 Å². The first-order valence-electron chi connectivity index (χ1n) is 7.70. The lowest BCUT2D eigenvalue weighted by atomic mass is 9.92. The number of aryl methyl sites for hydroxylation is 1. The first-order chi connectivity index (χ1) is 9.26. The average Bonchev–Trinajstić information content (AvgIpc) is 2.86. The molecule has 0 aliphatic carbocycles. The summed E-state index contributed by atoms with van der Waals surface area (Å²) in [5, 5.41) is 3.67. The molecule has 0 saturated carbocycles. The Morgan fingerprint density at radius 2 is 2.00 bits per heavy atom. The number of benzene rings is 1. The Balaban J connectivity index is 2.15. The minimum atomic E-state index is 0.319. The number of hydrogen-bond acceptors (Lipinski definition) is 2. The van der Waals surface area contributed by atoms with E-state index in [1.807, 2.05) is 0 Å². The van der Waals surface area contributed by atoms with Gasteiger partial charge in [-0.1, -0.05) is 45.0 Å². The van der Waals surface area contributed by atoms with Gasteiger partial charge in [0, 0.05) is 6.61 Å². The van der Waals surface area contributed by atoms with Crippen molar-refractivity contribution in [3.63, 3.8) is 0 Å². The molecule has 1 aliphatic heterocycles. The second kappa shape index (κ2) is 7.06. The molecule has 3 unspecified atom stereocenters. The fraction of sp³-hybridized carbons (Fsp3) is 0.647. The predicted molar refractivity (Wildman–Crippen MR) is 80.4 cm³/mol. The second-order valence-electron chi connectivity index (χ2n) is 5.63. The maximum absolute atomic E-state index is 5.97. The van der Waals surface area contributed by atoms with Gasteiger partial charge in [-0.3, -0.25) is 0 Å². The fourth-order valence-corrected chi connectivity index (χ4v) is 2.83. The summed E-state index contributed by atoms with van der Waals surface area (Å²) in [6, 6.07) is 9.36. The number of ether oxygens (including phenoxy) is 1. The molecule has 2 heteroatoms. The van der Waals surface area contributed by atoms with Crippen LogP contribution in [0.1, 0.15) is 50.8 Å². The summed E-state index contributed by atoms with van der Waals surface area (Å²) in [7, 11) is 0. The number of hydrogen-bond donors (Lipinski definition) is 1. The minimum Gasteiger partial charge on any atom is -0.376 e. The molecule has 1 aromatic carbocycles. The molecule has 0 amide bonds. The summed E-state index contributed by atoms with van der Waals surface area (Å²) < 4.78 is 5.97. The zero-order valence-electron chi connectivity index (χ0n) is 12.5. The highest BCUT2D eigenvalue weighted by Crippen LogP contribution is 2.31. The van der Waals surface area contributed by atoms with Crippen LogP contribution in [-0.2, 0) is 11.2 Å². The molecule has 0 radical (unpaired) electrons. The summed E-state index contributed by atoms with van der Waals surface area (Å²) >= 11 is 0. The van der Waals surface area contributed by atoms with E-state index < -0.39 is 0 Å². The lowest BCUT2D eigenvalue weighted by molar-refractivity contribution is 0.0607. The van der Waals surface area contributed by atoms with E-state index in [1.165, 1.54) is 17.5 Å². The summed E-state index contributed by atoms with van der Waals surface area (Å²) in [6.45, 7) is 8.67. The quantitative estimate of drug-likeness (QED) is 0.843. The van der Waals surface area contributed by atoms with Crippen LogP contribution in [0.5, 0.6) is 0 Å². The van der Waals surface area contributed by atoms with Gasteiger partial charge in [0.05, 0.1) is 12.1 Å². The number of nitrogens with one attached hydrogen (secondary N) is 1. The third-order valence-corrected chi connectivity index (χ3v) is 4.13. The van der Waals surface area contributed by atoms with E-state index in [0.29, 0.717) is 18.1 Å². The van der Waals surface area contributed by atoms with E-state index in [-0.39, 0.29) is 0 Å². The van der Waals surface area contributed by atoms with Crippen LogP contribution >= 0.6 is 0 Å². The van der Waals surface area contributed by atoms with Crippen molar-refractivity contribution >= 4 is 0 Å². The Labute approximate surface area is 117 Å². The van der Waals surface area contributed by atoms with Crippen LogP contribution in [0.25, 0.3) is 0 Å². The molecule has 106 valence electrons. The van der Waals surface area contributed by atoms with Gasteiger partial charge in [-0.15, -0.1) is 0 Å². The monoisotopic (exact) mass is 261 g/mol. The van der Waals surface area contributed by atoms with Crippen LogP contribution in [-0.4, -0.2) is 19.3 Å². The molecule has 1 heterocycles. The van der Waals surface area contributed by atoms with Crippen molar-refractivity contribution in [2.24, 2.45) is 5.92 Å². The van der Waals surface area contributed by atoms with Gasteiger partial charge >= 0.3 is 0 Å². The zero-order valence-corrected chi connectivity index (χ0v) is 12.5. The van der Waals surface area contributed by atoms with Crippen molar-refractivity contribution in [2.45, 2.75) is 52.2 Å². The molecule has 0 spiro atoms. The second-order valence-corrected chi connectivity index (χ2v) is 5.63. The van der Waals surface area contributed by atoms with Crippen LogP contribution < -0.4 is 5.32 Å². The van der Waals surface area contributed by atoms with Gasteiger partial charge in [0.15, 0.2) is 0 Å². The standard InChI is InChI=1S/C17H27NO/c1-4-11-18-16(17-13(3)10-12-19-17)15-8-6-14(5-2)7-9-15/h6-9,13,16-18H,4-5,10-12H2,1-3H3. The topological polar surface area (TPSA) is 21.3 Å². The maximum Gasteiger partial charge on any atom is 0.0795 e. The van der Waals surface area contributed by atoms with Gasteiger partial charge in [-0.05, 0) is 42.9 Å². The Morgan fingerprint density at radius 3 is 2.53 bits per heavy atom. The minimum absolute atomic E-state index is 0.319. The summed E-state index contributed by atoms with van der Waals surface area (Å²) in [5.41, 5.74) is 2.77. The molecule has 1 aliphatic rings. The van der Waals surface area contributed by atoms with E-state index in [0.717, 1.165) is 26.0 Å². The molecular weight excluding hydrogens is 234 g/mol. The van der Waals surface area contributed by atoms with Crippen molar-refractivity contribution in [2.75, 3.05) is 13.2 Å². The van der Waals surface area contributed by atoms with Gasteiger partial charge in [0.25, 0.3) is 0 Å². The normalized spacial score (nSPS) is 24.6. The molecule has 0 aromatic heterocycles. The molecule has 2 rings (SSSR count). The van der Waals surface area contributed by atoms with E-state index in [1.54, 1.807) is 0 Å². The summed E-state index contributed by atoms with van der Waals surface area (Å²) in [4.78, 5) is 0. The van der Waals surface area contributed by atoms with Crippen molar-refractivity contribution in [3.8, 4) is 0 Å². The van der Waals surface area contributed by atoms with Crippen molar-refractivity contribution in [1.82, 2.24) is 5.32 Å². The summed E-state index contributed by atoms with van der Waals surface area (Å²) in [5.74, 6) is 0.639. The molecule has 19 heavy (non-hydrogen) atoms. The molecule has 1 aromatic rings. The van der Waals surface area contributed by atoms with Crippen molar-refractivity contribution in [1.29, 1.82) is 0 Å². The molecule has 3 atom stereocenters. The predicted octanol–water partition coefficient (Wildman–Crippen LogP) is 3.71. The number of rotatable bonds is 6. The highest BCUT2D eigenvalue weighted by Gasteiger charge is 2.32. The Kier molecular flexibility index (Phi) is 5.41. The Bertz CT molecular complexity index is 373. The molecule has 2 nitrogen and oxygen atoms in total. The molecule has 0 bridgehead atoms. The largest absolute Gasteiger partial charge is 0.376 e. The maximum atomic E-state index is 5.97. The molecule has 1 saturated heterocycles. The highest BCUT2D eigenvalue weighted by molar-refractivity contribution is 5.26. The fourth-order valence-electron chi connectivity index (χ4n) is 2.83. The molecular formula is C17H27NO. The van der Waals surface area contributed by atoms with Crippen LogP contribution in [0, 0.1) is 5.92 Å². The lowest BCUT2D eigenvalue weighted by Gasteiger charge is -2.27. The van der Waals surface area contributed by atoms with Gasteiger partial charge in [-0.2, -0.15) is 0 Å². The Morgan fingerprint density at radius 1 is 1.26 bits per heavy atom. The van der Waals surface area contributed by atoms with Crippen molar-refractivity contribution in [3.05, 3.63) is 35.4 Å². The van der Waals surface area contributed by atoms with Crippen molar-refractivity contribution < 1.29 is 4.74 Å². The van der Waals surface area contributed by atoms with Gasteiger partial charge in [0.1, 0.15) is 0 Å². The highest BCUT2D eigenvalue weighted by atomic mass is 16.5. The van der Waals surface area contributed by atoms with E-state index >= 15 is 0 Å².